The summed E-state index contributed by atoms with van der Waals surface area (Å²) in [6.07, 6.45) is 2.61. The normalized spacial score (nSPS) is 10.8. The van der Waals surface area contributed by atoms with Crippen molar-refractivity contribution in [3.63, 3.8) is 0 Å². The summed E-state index contributed by atoms with van der Waals surface area (Å²) in [5, 5.41) is 7.68. The van der Waals surface area contributed by atoms with E-state index in [-0.39, 0.29) is 5.69 Å². The Hall–Kier alpha value is -1.76. The van der Waals surface area contributed by atoms with Crippen LogP contribution in [0.15, 0.2) is 27.2 Å². The number of nitrogens with two attached hydrogens (primary N) is 1. The SMILES string of the molecule is CCCn1c(Sc2ncc(C)cc2N)n[nH]c1=O. The number of nitrogens with zero attached hydrogens (tertiary/aromatic N) is 3. The topological polar surface area (TPSA) is 89.6 Å². The highest BCUT2D eigenvalue weighted by Gasteiger charge is 2.11. The molecule has 2 aromatic heterocycles. The van der Waals surface area contributed by atoms with Gasteiger partial charge in [0.05, 0.1) is 5.69 Å². The second-order valence-electron chi connectivity index (χ2n) is 3.97. The Bertz CT molecular complexity index is 604. The Morgan fingerprint density at radius 1 is 1.56 bits per heavy atom. The van der Waals surface area contributed by atoms with Gasteiger partial charge in [0.25, 0.3) is 0 Å². The van der Waals surface area contributed by atoms with Gasteiger partial charge >= 0.3 is 5.69 Å². The number of H-pyrrole nitrogens is 1. The molecule has 0 aliphatic heterocycles. The summed E-state index contributed by atoms with van der Waals surface area (Å²) in [5.74, 6) is 0. The summed E-state index contributed by atoms with van der Waals surface area (Å²) >= 11 is 1.29. The number of pyridine rings is 1. The van der Waals surface area contributed by atoms with Crippen molar-refractivity contribution in [2.45, 2.75) is 37.0 Å². The molecule has 0 aliphatic rings. The second kappa shape index (κ2) is 5.26. The van der Waals surface area contributed by atoms with Crippen molar-refractivity contribution in [1.29, 1.82) is 0 Å². The minimum Gasteiger partial charge on any atom is -0.397 e. The largest absolute Gasteiger partial charge is 0.397 e. The second-order valence-corrected chi connectivity index (χ2v) is 4.93. The van der Waals surface area contributed by atoms with Gasteiger partial charge in [0.15, 0.2) is 5.16 Å². The quantitative estimate of drug-likeness (QED) is 0.872. The van der Waals surface area contributed by atoms with Crippen LogP contribution in [0, 0.1) is 6.92 Å². The highest BCUT2D eigenvalue weighted by atomic mass is 32.2. The van der Waals surface area contributed by atoms with Gasteiger partial charge in [-0.3, -0.25) is 4.57 Å². The van der Waals surface area contributed by atoms with Gasteiger partial charge in [-0.15, -0.1) is 5.10 Å². The predicted molar refractivity (Wildman–Crippen MR) is 70.6 cm³/mol. The fourth-order valence-electron chi connectivity index (χ4n) is 1.55. The molecule has 3 N–H and O–H groups in total. The number of nitrogens with one attached hydrogen (secondary N) is 1. The Labute approximate surface area is 109 Å². The fourth-order valence-corrected chi connectivity index (χ4v) is 2.38. The molecule has 18 heavy (non-hydrogen) atoms. The number of hydrogen-bond donors (Lipinski definition) is 2. The molecule has 0 radical (unpaired) electrons. The average Bonchev–Trinajstić information content (AvgIpc) is 2.66. The molecule has 0 atom stereocenters. The van der Waals surface area contributed by atoms with Crippen LogP contribution in [0.25, 0.3) is 0 Å². The van der Waals surface area contributed by atoms with Crippen LogP contribution < -0.4 is 11.4 Å². The molecule has 0 spiro atoms. The standard InChI is InChI=1S/C11H15N5OS/c1-3-4-16-10(17)14-15-11(16)18-9-8(12)5-7(2)6-13-9/h5-6H,3-4,12H2,1-2H3,(H,14,17). The smallest absolute Gasteiger partial charge is 0.343 e. The van der Waals surface area contributed by atoms with Crippen LogP contribution in [0.3, 0.4) is 0 Å². The molecule has 0 aromatic carbocycles. The average molecular weight is 265 g/mol. The maximum Gasteiger partial charge on any atom is 0.343 e. The van der Waals surface area contributed by atoms with Crippen molar-refractivity contribution in [2.24, 2.45) is 0 Å². The third kappa shape index (κ3) is 2.56. The first-order valence-electron chi connectivity index (χ1n) is 5.67. The van der Waals surface area contributed by atoms with E-state index in [1.165, 1.54) is 11.8 Å². The van der Waals surface area contributed by atoms with Crippen LogP contribution in [0.1, 0.15) is 18.9 Å². The van der Waals surface area contributed by atoms with Gasteiger partial charge in [0.2, 0.25) is 0 Å². The first kappa shape index (κ1) is 12.7. The van der Waals surface area contributed by atoms with Crippen LogP contribution in [0.4, 0.5) is 5.69 Å². The van der Waals surface area contributed by atoms with E-state index in [1.807, 2.05) is 19.9 Å². The molecule has 2 aromatic rings. The zero-order valence-electron chi connectivity index (χ0n) is 10.3. The lowest BCUT2D eigenvalue weighted by Crippen LogP contribution is -2.17. The van der Waals surface area contributed by atoms with Crippen molar-refractivity contribution >= 4 is 17.4 Å². The minimum absolute atomic E-state index is 0.204. The van der Waals surface area contributed by atoms with E-state index in [9.17, 15) is 4.79 Å². The van der Waals surface area contributed by atoms with Gasteiger partial charge < -0.3 is 5.73 Å². The van der Waals surface area contributed by atoms with Crippen molar-refractivity contribution < 1.29 is 0 Å². The molecular weight excluding hydrogens is 250 g/mol. The summed E-state index contributed by atoms with van der Waals surface area (Å²) in [6.45, 7) is 4.56. The number of anilines is 1. The molecule has 7 heteroatoms. The number of aromatic nitrogens is 4. The summed E-state index contributed by atoms with van der Waals surface area (Å²) in [6, 6.07) is 1.85. The lowest BCUT2D eigenvalue weighted by Gasteiger charge is -2.05. The number of hydrogen-bond acceptors (Lipinski definition) is 5. The Balaban J connectivity index is 2.31. The van der Waals surface area contributed by atoms with Gasteiger partial charge in [-0.2, -0.15) is 0 Å². The van der Waals surface area contributed by atoms with Gasteiger partial charge in [0, 0.05) is 12.7 Å². The first-order chi connectivity index (χ1) is 8.61. The lowest BCUT2D eigenvalue weighted by molar-refractivity contribution is 0.603. The van der Waals surface area contributed by atoms with Crippen LogP contribution in [-0.2, 0) is 6.54 Å². The maximum absolute atomic E-state index is 11.5. The zero-order valence-corrected chi connectivity index (χ0v) is 11.1. The van der Waals surface area contributed by atoms with E-state index >= 15 is 0 Å². The van der Waals surface area contributed by atoms with Crippen molar-refractivity contribution in [1.82, 2.24) is 19.7 Å². The molecule has 6 nitrogen and oxygen atoms in total. The Kier molecular flexibility index (Phi) is 3.71. The number of rotatable bonds is 4. The van der Waals surface area contributed by atoms with Crippen molar-refractivity contribution in [3.8, 4) is 0 Å². The molecule has 2 heterocycles. The third-order valence-electron chi connectivity index (χ3n) is 2.37. The molecule has 2 rings (SSSR count). The molecule has 0 bridgehead atoms. The molecule has 0 fully saturated rings. The lowest BCUT2D eigenvalue weighted by atomic mass is 10.3. The maximum atomic E-state index is 11.5. The van der Waals surface area contributed by atoms with Crippen molar-refractivity contribution in [2.75, 3.05) is 5.73 Å². The molecule has 0 saturated carbocycles. The van der Waals surface area contributed by atoms with E-state index in [1.54, 1.807) is 10.8 Å². The zero-order chi connectivity index (χ0) is 13.1. The summed E-state index contributed by atoms with van der Waals surface area (Å²) in [5.41, 5.74) is 7.29. The minimum atomic E-state index is -0.204. The first-order valence-corrected chi connectivity index (χ1v) is 6.48. The van der Waals surface area contributed by atoms with Crippen LogP contribution in [0.5, 0.6) is 0 Å². The number of aryl methyl sites for hydroxylation is 1. The van der Waals surface area contributed by atoms with Gasteiger partial charge in [-0.05, 0) is 36.7 Å². The number of aromatic amines is 1. The summed E-state index contributed by atoms with van der Waals surface area (Å²) < 4.78 is 1.59. The van der Waals surface area contributed by atoms with E-state index < -0.39 is 0 Å². The monoisotopic (exact) mass is 265 g/mol. The number of nitrogen functional groups attached to an aromatic ring is 1. The Morgan fingerprint density at radius 3 is 3.00 bits per heavy atom. The van der Waals surface area contributed by atoms with Gasteiger partial charge in [-0.1, -0.05) is 6.92 Å². The molecule has 96 valence electrons. The van der Waals surface area contributed by atoms with E-state index in [0.717, 1.165) is 12.0 Å². The van der Waals surface area contributed by atoms with Crippen LogP contribution in [-0.4, -0.2) is 19.7 Å². The molecule has 0 amide bonds. The summed E-state index contributed by atoms with van der Waals surface area (Å²) in [4.78, 5) is 15.8. The van der Waals surface area contributed by atoms with Crippen LogP contribution >= 0.6 is 11.8 Å². The molecular formula is C11H15N5OS. The van der Waals surface area contributed by atoms with E-state index in [2.05, 4.69) is 15.2 Å². The highest BCUT2D eigenvalue weighted by Crippen LogP contribution is 2.28. The van der Waals surface area contributed by atoms with Gasteiger partial charge in [-0.25, -0.2) is 14.9 Å². The molecule has 0 aliphatic carbocycles. The third-order valence-corrected chi connectivity index (χ3v) is 3.40. The fraction of sp³-hybridized carbons (Fsp3) is 0.364. The predicted octanol–water partition coefficient (Wildman–Crippen LogP) is 1.42. The van der Waals surface area contributed by atoms with E-state index in [4.69, 9.17) is 5.73 Å². The van der Waals surface area contributed by atoms with Gasteiger partial charge in [0.1, 0.15) is 5.03 Å². The van der Waals surface area contributed by atoms with Crippen LogP contribution in [0.2, 0.25) is 0 Å². The molecule has 0 saturated heterocycles. The molecule has 0 unspecified atom stereocenters. The Morgan fingerprint density at radius 2 is 2.33 bits per heavy atom. The van der Waals surface area contributed by atoms with E-state index in [0.29, 0.717) is 22.4 Å². The van der Waals surface area contributed by atoms with Crippen molar-refractivity contribution in [3.05, 3.63) is 28.3 Å². The summed E-state index contributed by atoms with van der Waals surface area (Å²) in [7, 11) is 0. The highest BCUT2D eigenvalue weighted by molar-refractivity contribution is 7.99.